The lowest BCUT2D eigenvalue weighted by molar-refractivity contribution is 0.181. The van der Waals surface area contributed by atoms with Crippen molar-refractivity contribution in [1.29, 1.82) is 0 Å². The minimum Gasteiger partial charge on any atom is -0.387 e. The zero-order chi connectivity index (χ0) is 10.8. The van der Waals surface area contributed by atoms with E-state index in [4.69, 9.17) is 0 Å². The summed E-state index contributed by atoms with van der Waals surface area (Å²) < 4.78 is 0. The summed E-state index contributed by atoms with van der Waals surface area (Å²) in [5, 5.41) is 15.1. The SMILES string of the molecule is Cc1csc(CC(O)c2sccc2C)n1. The lowest BCUT2D eigenvalue weighted by Gasteiger charge is -2.07. The Morgan fingerprint density at radius 2 is 2.20 bits per heavy atom. The number of aliphatic hydroxyl groups excluding tert-OH is 1. The van der Waals surface area contributed by atoms with Crippen molar-refractivity contribution < 1.29 is 5.11 Å². The number of thiazole rings is 1. The van der Waals surface area contributed by atoms with Gasteiger partial charge in [0.1, 0.15) is 0 Å². The number of hydrogen-bond donors (Lipinski definition) is 1. The number of hydrogen-bond acceptors (Lipinski definition) is 4. The fraction of sp³-hybridized carbons (Fsp3) is 0.364. The van der Waals surface area contributed by atoms with Gasteiger partial charge in [0.05, 0.1) is 11.1 Å². The van der Waals surface area contributed by atoms with E-state index < -0.39 is 6.10 Å². The summed E-state index contributed by atoms with van der Waals surface area (Å²) in [6.45, 7) is 4.00. The van der Waals surface area contributed by atoms with Crippen LogP contribution in [0.15, 0.2) is 16.8 Å². The zero-order valence-electron chi connectivity index (χ0n) is 8.73. The van der Waals surface area contributed by atoms with E-state index in [0.717, 1.165) is 15.6 Å². The van der Waals surface area contributed by atoms with Crippen LogP contribution in [0.2, 0.25) is 0 Å². The topological polar surface area (TPSA) is 33.1 Å². The Morgan fingerprint density at radius 1 is 1.40 bits per heavy atom. The Kier molecular flexibility index (Phi) is 3.19. The van der Waals surface area contributed by atoms with E-state index in [1.165, 1.54) is 5.56 Å². The van der Waals surface area contributed by atoms with Crippen LogP contribution >= 0.6 is 22.7 Å². The van der Waals surface area contributed by atoms with Crippen LogP contribution in [0, 0.1) is 13.8 Å². The van der Waals surface area contributed by atoms with Crippen molar-refractivity contribution in [3.05, 3.63) is 38.0 Å². The van der Waals surface area contributed by atoms with Gasteiger partial charge in [-0.1, -0.05) is 0 Å². The second-order valence-electron chi connectivity index (χ2n) is 3.57. The average Bonchev–Trinajstić information content (AvgIpc) is 2.75. The summed E-state index contributed by atoms with van der Waals surface area (Å²) in [4.78, 5) is 5.41. The molecule has 0 saturated carbocycles. The first-order valence-electron chi connectivity index (χ1n) is 4.80. The maximum atomic E-state index is 10.0. The number of rotatable bonds is 3. The molecule has 0 aromatic carbocycles. The molecule has 1 atom stereocenters. The van der Waals surface area contributed by atoms with Gasteiger partial charge in [0.25, 0.3) is 0 Å². The van der Waals surface area contributed by atoms with Crippen molar-refractivity contribution >= 4 is 22.7 Å². The number of aryl methyl sites for hydroxylation is 2. The van der Waals surface area contributed by atoms with Crippen LogP contribution in [-0.2, 0) is 6.42 Å². The first kappa shape index (κ1) is 10.8. The van der Waals surface area contributed by atoms with Crippen molar-refractivity contribution in [2.75, 3.05) is 0 Å². The molecular weight excluding hydrogens is 226 g/mol. The van der Waals surface area contributed by atoms with Crippen LogP contribution in [0.4, 0.5) is 0 Å². The molecule has 2 nitrogen and oxygen atoms in total. The molecule has 0 saturated heterocycles. The molecule has 0 spiro atoms. The predicted octanol–water partition coefficient (Wildman–Crippen LogP) is 3.10. The Labute approximate surface area is 97.2 Å². The first-order chi connectivity index (χ1) is 7.16. The highest BCUT2D eigenvalue weighted by Gasteiger charge is 2.14. The Hall–Kier alpha value is -0.710. The smallest absolute Gasteiger partial charge is 0.0957 e. The van der Waals surface area contributed by atoms with E-state index >= 15 is 0 Å². The predicted molar refractivity (Wildman–Crippen MR) is 64.6 cm³/mol. The number of nitrogens with zero attached hydrogens (tertiary/aromatic N) is 1. The van der Waals surface area contributed by atoms with Crippen molar-refractivity contribution in [3.8, 4) is 0 Å². The summed E-state index contributed by atoms with van der Waals surface area (Å²) in [6.07, 6.45) is 0.218. The van der Waals surface area contributed by atoms with Gasteiger partial charge in [-0.15, -0.1) is 22.7 Å². The fourth-order valence-corrected chi connectivity index (χ4v) is 3.20. The number of aromatic nitrogens is 1. The summed E-state index contributed by atoms with van der Waals surface area (Å²) in [7, 11) is 0. The number of aliphatic hydroxyl groups is 1. The molecule has 4 heteroatoms. The summed E-state index contributed by atoms with van der Waals surface area (Å²) in [5.41, 5.74) is 2.20. The molecule has 2 aromatic heterocycles. The second kappa shape index (κ2) is 4.43. The van der Waals surface area contributed by atoms with Crippen molar-refractivity contribution in [2.24, 2.45) is 0 Å². The van der Waals surface area contributed by atoms with Gasteiger partial charge < -0.3 is 5.11 Å². The van der Waals surface area contributed by atoms with Gasteiger partial charge in [-0.2, -0.15) is 0 Å². The van der Waals surface area contributed by atoms with E-state index in [2.05, 4.69) is 4.98 Å². The molecule has 0 bridgehead atoms. The van der Waals surface area contributed by atoms with Crippen LogP contribution in [0.25, 0.3) is 0 Å². The van der Waals surface area contributed by atoms with Crippen molar-refractivity contribution in [2.45, 2.75) is 26.4 Å². The molecule has 2 heterocycles. The molecule has 0 radical (unpaired) electrons. The molecule has 2 rings (SSSR count). The highest BCUT2D eigenvalue weighted by molar-refractivity contribution is 7.10. The summed E-state index contributed by atoms with van der Waals surface area (Å²) in [5.74, 6) is 0. The molecule has 0 aliphatic carbocycles. The molecule has 0 amide bonds. The van der Waals surface area contributed by atoms with Crippen LogP contribution in [0.5, 0.6) is 0 Å². The maximum absolute atomic E-state index is 10.0. The second-order valence-corrected chi connectivity index (χ2v) is 5.46. The molecule has 0 fully saturated rings. The summed E-state index contributed by atoms with van der Waals surface area (Å²) in [6, 6.07) is 2.04. The largest absolute Gasteiger partial charge is 0.387 e. The Bertz CT molecular complexity index is 447. The molecule has 1 N–H and O–H groups in total. The standard InChI is InChI=1S/C11H13NOS2/c1-7-3-4-14-11(7)9(13)5-10-12-8(2)6-15-10/h3-4,6,9,13H,5H2,1-2H3. The minimum absolute atomic E-state index is 0.407. The van der Waals surface area contributed by atoms with Crippen LogP contribution in [0.3, 0.4) is 0 Å². The van der Waals surface area contributed by atoms with Gasteiger partial charge in [0.2, 0.25) is 0 Å². The van der Waals surface area contributed by atoms with Crippen LogP contribution in [0.1, 0.15) is 27.2 Å². The van der Waals surface area contributed by atoms with Gasteiger partial charge in [0.15, 0.2) is 0 Å². The van der Waals surface area contributed by atoms with Gasteiger partial charge in [-0.05, 0) is 30.9 Å². The van der Waals surface area contributed by atoms with Gasteiger partial charge in [-0.25, -0.2) is 4.98 Å². The van der Waals surface area contributed by atoms with Gasteiger partial charge in [0, 0.05) is 22.4 Å². The van der Waals surface area contributed by atoms with Gasteiger partial charge in [-0.3, -0.25) is 0 Å². The van der Waals surface area contributed by atoms with Crippen molar-refractivity contribution in [3.63, 3.8) is 0 Å². The third kappa shape index (κ3) is 2.45. The van der Waals surface area contributed by atoms with Crippen LogP contribution in [-0.4, -0.2) is 10.1 Å². The van der Waals surface area contributed by atoms with E-state index in [1.807, 2.05) is 30.7 Å². The molecule has 80 valence electrons. The third-order valence-corrected chi connectivity index (χ3v) is 4.35. The maximum Gasteiger partial charge on any atom is 0.0957 e. The molecule has 1 unspecified atom stereocenters. The highest BCUT2D eigenvalue weighted by atomic mass is 32.1. The normalized spacial score (nSPS) is 13.0. The molecule has 15 heavy (non-hydrogen) atoms. The monoisotopic (exact) mass is 239 g/mol. The fourth-order valence-electron chi connectivity index (χ4n) is 1.48. The molecular formula is C11H13NOS2. The molecule has 0 aliphatic heterocycles. The van der Waals surface area contributed by atoms with E-state index in [0.29, 0.717) is 6.42 Å². The minimum atomic E-state index is -0.407. The van der Waals surface area contributed by atoms with E-state index in [-0.39, 0.29) is 0 Å². The zero-order valence-corrected chi connectivity index (χ0v) is 10.4. The first-order valence-corrected chi connectivity index (χ1v) is 6.56. The quantitative estimate of drug-likeness (QED) is 0.893. The molecule has 2 aromatic rings. The Morgan fingerprint density at radius 3 is 2.73 bits per heavy atom. The van der Waals surface area contributed by atoms with Gasteiger partial charge >= 0.3 is 0 Å². The number of thiophene rings is 1. The molecule has 0 aliphatic rings. The lowest BCUT2D eigenvalue weighted by atomic mass is 10.1. The van der Waals surface area contributed by atoms with E-state index in [9.17, 15) is 5.11 Å². The van der Waals surface area contributed by atoms with Crippen molar-refractivity contribution in [1.82, 2.24) is 4.98 Å². The van der Waals surface area contributed by atoms with E-state index in [1.54, 1.807) is 22.7 Å². The highest BCUT2D eigenvalue weighted by Crippen LogP contribution is 2.27. The Balaban J connectivity index is 2.10. The average molecular weight is 239 g/mol. The lowest BCUT2D eigenvalue weighted by Crippen LogP contribution is -2.00. The third-order valence-electron chi connectivity index (χ3n) is 2.24. The summed E-state index contributed by atoms with van der Waals surface area (Å²) >= 11 is 3.23. The van der Waals surface area contributed by atoms with Crippen LogP contribution < -0.4 is 0 Å².